The molecule has 4 N–H and O–H groups in total. The van der Waals surface area contributed by atoms with E-state index in [0.717, 1.165) is 37.1 Å². The monoisotopic (exact) mass is 320 g/mol. The van der Waals surface area contributed by atoms with E-state index >= 15 is 0 Å². The quantitative estimate of drug-likeness (QED) is 0.678. The van der Waals surface area contributed by atoms with E-state index in [0.29, 0.717) is 11.1 Å². The Balaban J connectivity index is 1.74. The van der Waals surface area contributed by atoms with Gasteiger partial charge in [0.25, 0.3) is 5.91 Å². The normalized spacial score (nSPS) is 17.9. The number of hydrogen-bond donors (Lipinski definition) is 3. The van der Waals surface area contributed by atoms with Crippen LogP contribution in [0, 0.1) is 0 Å². The van der Waals surface area contributed by atoms with Crippen LogP contribution in [-0.4, -0.2) is 22.4 Å². The molecule has 2 aromatic carbocycles. The van der Waals surface area contributed by atoms with Crippen LogP contribution in [0.15, 0.2) is 42.5 Å². The number of nitrogens with zero attached hydrogens (tertiary/aromatic N) is 1. The molecule has 0 spiro atoms. The summed E-state index contributed by atoms with van der Waals surface area (Å²) in [6.45, 7) is 0.943. The predicted octanol–water partition coefficient (Wildman–Crippen LogP) is 2.48. The fraction of sp³-hybridized carbons (Fsp3) is 0.263. The second kappa shape index (κ2) is 6.09. The summed E-state index contributed by atoms with van der Waals surface area (Å²) >= 11 is 0. The third-order valence-electron chi connectivity index (χ3n) is 4.68. The van der Waals surface area contributed by atoms with Crippen LogP contribution in [0.5, 0.6) is 0 Å². The Bertz CT molecular complexity index is 899. The number of nitrogens with two attached hydrogens (primary N) is 1. The Morgan fingerprint density at radius 2 is 1.96 bits per heavy atom. The lowest BCUT2D eigenvalue weighted by Crippen LogP contribution is -2.28. The van der Waals surface area contributed by atoms with Crippen molar-refractivity contribution < 1.29 is 4.79 Å². The molecule has 0 saturated carbocycles. The lowest BCUT2D eigenvalue weighted by atomic mass is 9.95. The van der Waals surface area contributed by atoms with Crippen molar-refractivity contribution in [2.45, 2.75) is 25.3 Å². The van der Waals surface area contributed by atoms with Crippen molar-refractivity contribution in [2.75, 3.05) is 6.54 Å². The number of fused-ring (bicyclic) bond motifs is 2. The molecule has 1 aliphatic heterocycles. The highest BCUT2D eigenvalue weighted by Crippen LogP contribution is 2.25. The maximum absolute atomic E-state index is 11.6. The minimum atomic E-state index is -0.449. The van der Waals surface area contributed by atoms with E-state index in [-0.39, 0.29) is 6.04 Å². The molecule has 0 radical (unpaired) electrons. The van der Waals surface area contributed by atoms with Crippen LogP contribution in [0.2, 0.25) is 0 Å². The second-order valence-corrected chi connectivity index (χ2v) is 6.27. The summed E-state index contributed by atoms with van der Waals surface area (Å²) in [7, 11) is 0. The number of aromatic amines is 1. The first-order valence-corrected chi connectivity index (χ1v) is 8.31. The lowest BCUT2D eigenvalue weighted by Gasteiger charge is -2.22. The fourth-order valence-corrected chi connectivity index (χ4v) is 3.46. The van der Waals surface area contributed by atoms with Crippen LogP contribution in [0.25, 0.3) is 11.0 Å². The number of aromatic nitrogens is 2. The zero-order valence-corrected chi connectivity index (χ0v) is 13.4. The van der Waals surface area contributed by atoms with Crippen LogP contribution in [-0.2, 0) is 12.8 Å². The van der Waals surface area contributed by atoms with Crippen molar-refractivity contribution in [1.29, 1.82) is 0 Å². The third-order valence-corrected chi connectivity index (χ3v) is 4.68. The number of rotatable bonds is 2. The number of carbonyl (C=O) groups excluding carboxylic acids is 1. The van der Waals surface area contributed by atoms with E-state index in [4.69, 9.17) is 5.73 Å². The van der Waals surface area contributed by atoms with E-state index in [1.54, 1.807) is 6.07 Å². The van der Waals surface area contributed by atoms with Gasteiger partial charge in [0, 0.05) is 0 Å². The van der Waals surface area contributed by atoms with E-state index in [9.17, 15) is 4.79 Å². The molecule has 1 aromatic heterocycles. The van der Waals surface area contributed by atoms with Crippen molar-refractivity contribution in [3.8, 4) is 0 Å². The summed E-state index contributed by atoms with van der Waals surface area (Å²) in [6, 6.07) is 14.1. The molecule has 0 saturated heterocycles. The number of nitrogens with one attached hydrogen (secondary N) is 2. The smallest absolute Gasteiger partial charge is 0.250 e. The van der Waals surface area contributed by atoms with Gasteiger partial charge in [-0.2, -0.15) is 0 Å². The van der Waals surface area contributed by atoms with Crippen LogP contribution in [0.3, 0.4) is 0 Å². The average molecular weight is 320 g/mol. The van der Waals surface area contributed by atoms with Gasteiger partial charge in [-0.1, -0.05) is 30.3 Å². The van der Waals surface area contributed by atoms with Crippen LogP contribution >= 0.6 is 0 Å². The molecule has 1 unspecified atom stereocenters. The highest BCUT2D eigenvalue weighted by molar-refractivity contribution is 6.04. The van der Waals surface area contributed by atoms with Crippen LogP contribution in [0.1, 0.15) is 39.8 Å². The first kappa shape index (κ1) is 14.9. The first-order valence-electron chi connectivity index (χ1n) is 8.31. The lowest BCUT2D eigenvalue weighted by molar-refractivity contribution is 0.100. The van der Waals surface area contributed by atoms with Gasteiger partial charge in [-0.05, 0) is 49.1 Å². The third kappa shape index (κ3) is 2.67. The van der Waals surface area contributed by atoms with Gasteiger partial charge in [-0.25, -0.2) is 4.98 Å². The van der Waals surface area contributed by atoms with Gasteiger partial charge in [0.1, 0.15) is 11.3 Å². The number of para-hydroxylation sites is 1. The minimum absolute atomic E-state index is 0.0968. The molecule has 0 aliphatic carbocycles. The molecular formula is C19H20N4O. The number of H-pyrrole nitrogens is 1. The molecule has 5 heteroatoms. The first-order chi connectivity index (χ1) is 11.7. The Kier molecular flexibility index (Phi) is 3.78. The Hall–Kier alpha value is -2.66. The van der Waals surface area contributed by atoms with E-state index in [1.165, 1.54) is 11.1 Å². The van der Waals surface area contributed by atoms with Gasteiger partial charge in [0.15, 0.2) is 0 Å². The molecule has 0 bridgehead atoms. The van der Waals surface area contributed by atoms with Gasteiger partial charge in [-0.15, -0.1) is 0 Å². The van der Waals surface area contributed by atoms with Gasteiger partial charge in [0.2, 0.25) is 0 Å². The topological polar surface area (TPSA) is 83.8 Å². The summed E-state index contributed by atoms with van der Waals surface area (Å²) in [5.41, 5.74) is 10.2. The van der Waals surface area contributed by atoms with Crippen LogP contribution in [0.4, 0.5) is 0 Å². The van der Waals surface area contributed by atoms with E-state index < -0.39 is 5.91 Å². The summed E-state index contributed by atoms with van der Waals surface area (Å²) < 4.78 is 0. The molecule has 1 aliphatic rings. The number of carbonyl (C=O) groups is 1. The van der Waals surface area contributed by atoms with E-state index in [2.05, 4.69) is 39.6 Å². The molecule has 0 fully saturated rings. The van der Waals surface area contributed by atoms with Gasteiger partial charge >= 0.3 is 0 Å². The highest BCUT2D eigenvalue weighted by Gasteiger charge is 2.20. The number of hydrogen-bond acceptors (Lipinski definition) is 3. The van der Waals surface area contributed by atoms with E-state index in [1.807, 2.05) is 12.1 Å². The molecule has 1 amide bonds. The summed E-state index contributed by atoms with van der Waals surface area (Å²) in [6.07, 6.45) is 3.07. The maximum atomic E-state index is 11.6. The van der Waals surface area contributed by atoms with Gasteiger partial charge < -0.3 is 16.0 Å². The number of imidazole rings is 1. The minimum Gasteiger partial charge on any atom is -0.366 e. The van der Waals surface area contributed by atoms with Gasteiger partial charge in [0.05, 0.1) is 17.1 Å². The van der Waals surface area contributed by atoms with Crippen molar-refractivity contribution in [1.82, 2.24) is 15.3 Å². The van der Waals surface area contributed by atoms with Crippen LogP contribution < -0.4 is 11.1 Å². The molecule has 2 heterocycles. The Morgan fingerprint density at radius 1 is 1.12 bits per heavy atom. The molecule has 4 rings (SSSR count). The predicted molar refractivity (Wildman–Crippen MR) is 93.8 cm³/mol. The number of primary amides is 1. The SMILES string of the molecule is NC(=O)c1cccc2[nH]c(C3Cc4ccccc4CCCN3)nc12. The second-order valence-electron chi connectivity index (χ2n) is 6.27. The Morgan fingerprint density at radius 3 is 2.79 bits per heavy atom. The molecule has 1 atom stereocenters. The van der Waals surface area contributed by atoms with Gasteiger partial charge in [-0.3, -0.25) is 4.79 Å². The summed E-state index contributed by atoms with van der Waals surface area (Å²) in [4.78, 5) is 19.7. The number of amides is 1. The summed E-state index contributed by atoms with van der Waals surface area (Å²) in [5, 5.41) is 3.58. The van der Waals surface area contributed by atoms with Crippen molar-refractivity contribution in [3.05, 3.63) is 65.0 Å². The maximum Gasteiger partial charge on any atom is 0.250 e. The molecule has 5 nitrogen and oxygen atoms in total. The zero-order valence-electron chi connectivity index (χ0n) is 13.4. The highest BCUT2D eigenvalue weighted by atomic mass is 16.1. The summed E-state index contributed by atoms with van der Waals surface area (Å²) in [5.74, 6) is 0.407. The van der Waals surface area contributed by atoms with Crippen molar-refractivity contribution in [3.63, 3.8) is 0 Å². The number of benzene rings is 2. The standard InChI is InChI=1S/C19H20N4O/c20-18(24)14-8-3-9-15-17(14)23-19(22-15)16-11-13-6-2-1-5-12(13)7-4-10-21-16/h1-3,5-6,8-9,16,21H,4,7,10-11H2,(H2,20,24)(H,22,23). The zero-order chi connectivity index (χ0) is 16.5. The van der Waals surface area contributed by atoms with Crippen molar-refractivity contribution in [2.24, 2.45) is 5.73 Å². The molecular weight excluding hydrogens is 300 g/mol. The average Bonchev–Trinajstić information content (AvgIpc) is 2.99. The number of aryl methyl sites for hydroxylation is 1. The largest absolute Gasteiger partial charge is 0.366 e. The molecule has 3 aromatic rings. The molecule has 122 valence electrons. The fourth-order valence-electron chi connectivity index (χ4n) is 3.46. The Labute approximate surface area is 140 Å². The van der Waals surface area contributed by atoms with Crippen molar-refractivity contribution >= 4 is 16.9 Å². The molecule has 24 heavy (non-hydrogen) atoms.